The Bertz CT molecular complexity index is 2960. The second kappa shape index (κ2) is 16.9. The van der Waals surface area contributed by atoms with Crippen molar-refractivity contribution >= 4 is 86.2 Å². The van der Waals surface area contributed by atoms with Crippen molar-refractivity contribution in [2.75, 3.05) is 0 Å². The minimum atomic E-state index is -4.50. The highest BCUT2D eigenvalue weighted by Crippen LogP contribution is 2.30. The first-order chi connectivity index (χ1) is 26.6. The summed E-state index contributed by atoms with van der Waals surface area (Å²) in [6.07, 6.45) is 0. The van der Waals surface area contributed by atoms with E-state index in [-0.39, 0.29) is 9.75 Å². The SMILES string of the molecule is Cc1nc(-c2ccc(Cl)cc2)sc1C(=O)NS(=O)(=O)c1ccccc1S(N)(=O)=O.Cc1nc(-c2ccccc2)sc1C(=O)NS(=O)(=O)c1ccccc1S(N)(=O)=O. The lowest BCUT2D eigenvalue weighted by Crippen LogP contribution is -2.32. The molecule has 0 aliphatic heterocycles. The predicted octanol–water partition coefficient (Wildman–Crippen LogP) is 4.42. The number of halogens is 1. The third-order valence-electron chi connectivity index (χ3n) is 7.46. The Morgan fingerprint density at radius 3 is 1.23 bits per heavy atom. The van der Waals surface area contributed by atoms with Crippen LogP contribution in [0.2, 0.25) is 5.02 Å². The average molecular weight is 909 g/mol. The molecule has 0 aliphatic carbocycles. The number of nitrogens with one attached hydrogen (secondary N) is 2. The normalized spacial score (nSPS) is 11.9. The zero-order valence-electron chi connectivity index (χ0n) is 29.3. The maximum atomic E-state index is 12.6. The van der Waals surface area contributed by atoms with E-state index >= 15 is 0 Å². The van der Waals surface area contributed by atoms with Gasteiger partial charge in [-0.3, -0.25) is 9.59 Å². The third-order valence-corrected chi connectivity index (χ3v) is 15.1. The van der Waals surface area contributed by atoms with Crippen LogP contribution in [0.3, 0.4) is 0 Å². The third kappa shape index (κ3) is 10.3. The van der Waals surface area contributed by atoms with E-state index in [2.05, 4.69) is 9.97 Å². The molecule has 0 radical (unpaired) electrons. The Balaban J connectivity index is 0.000000218. The van der Waals surface area contributed by atoms with Crippen LogP contribution in [0, 0.1) is 13.8 Å². The minimum Gasteiger partial charge on any atom is -0.267 e. The Labute approximate surface area is 340 Å². The van der Waals surface area contributed by atoms with Gasteiger partial charge < -0.3 is 0 Å². The highest BCUT2D eigenvalue weighted by Gasteiger charge is 2.29. The average Bonchev–Trinajstić information content (AvgIpc) is 3.74. The van der Waals surface area contributed by atoms with Crippen LogP contribution in [0.25, 0.3) is 21.1 Å². The number of amides is 2. The number of aromatic nitrogens is 2. The lowest BCUT2D eigenvalue weighted by molar-refractivity contribution is 0.0975. The van der Waals surface area contributed by atoms with Crippen molar-refractivity contribution in [1.29, 1.82) is 0 Å². The highest BCUT2D eigenvalue weighted by atomic mass is 35.5. The minimum absolute atomic E-state index is 0.0756. The van der Waals surface area contributed by atoms with Gasteiger partial charge in [0, 0.05) is 16.1 Å². The molecule has 0 saturated heterocycles. The fourth-order valence-corrected chi connectivity index (χ4v) is 11.8. The Morgan fingerprint density at radius 1 is 0.526 bits per heavy atom. The zero-order chi connectivity index (χ0) is 41.9. The number of thiazole rings is 2. The Morgan fingerprint density at radius 2 is 0.860 bits per heavy atom. The van der Waals surface area contributed by atoms with Gasteiger partial charge >= 0.3 is 0 Å². The van der Waals surface area contributed by atoms with Gasteiger partial charge in [0.05, 0.1) is 11.4 Å². The first-order valence-corrected chi connectivity index (χ1v) is 23.8. The molecule has 23 heteroatoms. The van der Waals surface area contributed by atoms with Crippen molar-refractivity contribution in [1.82, 2.24) is 19.4 Å². The van der Waals surface area contributed by atoms with Gasteiger partial charge in [-0.05, 0) is 50.2 Å². The van der Waals surface area contributed by atoms with E-state index < -0.39 is 71.5 Å². The van der Waals surface area contributed by atoms with E-state index in [0.717, 1.165) is 52.5 Å². The highest BCUT2D eigenvalue weighted by molar-refractivity contribution is 7.93. The molecule has 0 atom stereocenters. The molecule has 0 aliphatic rings. The molecule has 2 amide bonds. The van der Waals surface area contributed by atoms with Crippen LogP contribution >= 0.6 is 34.3 Å². The molecule has 4 aromatic carbocycles. The van der Waals surface area contributed by atoms with Gasteiger partial charge in [0.2, 0.25) is 20.0 Å². The van der Waals surface area contributed by atoms with Gasteiger partial charge in [-0.2, -0.15) is 0 Å². The van der Waals surface area contributed by atoms with Crippen LogP contribution in [-0.2, 0) is 40.1 Å². The van der Waals surface area contributed by atoms with Crippen LogP contribution in [0.5, 0.6) is 0 Å². The van der Waals surface area contributed by atoms with Crippen molar-refractivity contribution in [3.8, 4) is 21.1 Å². The van der Waals surface area contributed by atoms with Crippen LogP contribution < -0.4 is 19.7 Å². The van der Waals surface area contributed by atoms with Crippen molar-refractivity contribution in [3.05, 3.63) is 129 Å². The van der Waals surface area contributed by atoms with E-state index in [0.29, 0.717) is 32.0 Å². The summed E-state index contributed by atoms with van der Waals surface area (Å²) in [6, 6.07) is 25.4. The Kier molecular flexibility index (Phi) is 12.8. The summed E-state index contributed by atoms with van der Waals surface area (Å²) in [6.45, 7) is 3.15. The van der Waals surface area contributed by atoms with E-state index in [1.165, 1.54) is 24.3 Å². The maximum absolute atomic E-state index is 12.6. The molecule has 6 N–H and O–H groups in total. The molecular weight excluding hydrogens is 880 g/mol. The van der Waals surface area contributed by atoms with E-state index in [1.807, 2.05) is 39.8 Å². The van der Waals surface area contributed by atoms with E-state index in [9.17, 15) is 43.3 Å². The summed E-state index contributed by atoms with van der Waals surface area (Å²) < 4.78 is 101. The molecule has 298 valence electrons. The number of primary sulfonamides is 2. The Hall–Kier alpha value is -4.91. The molecule has 6 rings (SSSR count). The van der Waals surface area contributed by atoms with Gasteiger partial charge in [0.25, 0.3) is 31.9 Å². The lowest BCUT2D eigenvalue weighted by atomic mass is 10.2. The largest absolute Gasteiger partial charge is 0.277 e. The second-order valence-corrected chi connectivity index (χ2v) is 20.4. The number of hydrogen-bond acceptors (Lipinski definition) is 14. The van der Waals surface area contributed by atoms with Gasteiger partial charge in [0.15, 0.2) is 0 Å². The number of nitrogens with two attached hydrogens (primary N) is 2. The zero-order valence-corrected chi connectivity index (χ0v) is 34.9. The van der Waals surface area contributed by atoms with Crippen molar-refractivity contribution in [2.24, 2.45) is 10.3 Å². The molecular formula is C34H29ClN6O10S6. The molecule has 0 saturated carbocycles. The van der Waals surface area contributed by atoms with Crippen LogP contribution in [0.1, 0.15) is 30.7 Å². The maximum Gasteiger partial charge on any atom is 0.277 e. The quantitative estimate of drug-likeness (QED) is 0.149. The molecule has 6 aromatic rings. The smallest absolute Gasteiger partial charge is 0.267 e. The number of rotatable bonds is 10. The van der Waals surface area contributed by atoms with Crippen molar-refractivity contribution in [3.63, 3.8) is 0 Å². The van der Waals surface area contributed by atoms with E-state index in [4.69, 9.17) is 21.9 Å². The number of sulfonamides is 4. The predicted molar refractivity (Wildman–Crippen MR) is 215 cm³/mol. The molecule has 2 aromatic heterocycles. The summed E-state index contributed by atoms with van der Waals surface area (Å²) >= 11 is 7.90. The first-order valence-electron chi connectivity index (χ1n) is 15.7. The van der Waals surface area contributed by atoms with Crippen molar-refractivity contribution < 1.29 is 43.3 Å². The van der Waals surface area contributed by atoms with E-state index in [1.54, 1.807) is 38.1 Å². The topological polar surface area (TPSA) is 273 Å². The first kappa shape index (κ1) is 43.2. The molecule has 0 spiro atoms. The summed E-state index contributed by atoms with van der Waals surface area (Å²) in [4.78, 5) is 31.5. The summed E-state index contributed by atoms with van der Waals surface area (Å²) in [5.74, 6) is -1.83. The van der Waals surface area contributed by atoms with Crippen LogP contribution in [-0.4, -0.2) is 55.5 Å². The van der Waals surface area contributed by atoms with Crippen LogP contribution in [0.4, 0.5) is 0 Å². The monoisotopic (exact) mass is 908 g/mol. The van der Waals surface area contributed by atoms with Gasteiger partial charge in [0.1, 0.15) is 39.4 Å². The molecule has 2 heterocycles. The fourth-order valence-electron chi connectivity index (χ4n) is 4.90. The van der Waals surface area contributed by atoms with Gasteiger partial charge in [-0.1, -0.05) is 78.3 Å². The van der Waals surface area contributed by atoms with Gasteiger partial charge in [-0.25, -0.2) is 63.4 Å². The fraction of sp³-hybridized carbons (Fsp3) is 0.0588. The molecule has 0 bridgehead atoms. The number of carbonyl (C=O) groups is 2. The number of hydrogen-bond donors (Lipinski definition) is 4. The number of carbonyl (C=O) groups excluding carboxylic acids is 2. The molecule has 57 heavy (non-hydrogen) atoms. The molecule has 16 nitrogen and oxygen atoms in total. The van der Waals surface area contributed by atoms with Crippen molar-refractivity contribution in [2.45, 2.75) is 33.4 Å². The molecule has 0 unspecified atom stereocenters. The summed E-state index contributed by atoms with van der Waals surface area (Å²) in [7, 11) is -17.6. The lowest BCUT2D eigenvalue weighted by Gasteiger charge is -2.09. The summed E-state index contributed by atoms with van der Waals surface area (Å²) in [5, 5.41) is 11.8. The number of nitrogens with zero attached hydrogens (tertiary/aromatic N) is 2. The number of benzene rings is 4. The summed E-state index contributed by atoms with van der Waals surface area (Å²) in [5.41, 5.74) is 2.18. The molecule has 0 fully saturated rings. The van der Waals surface area contributed by atoms with Gasteiger partial charge in [-0.15, -0.1) is 22.7 Å². The standard InChI is InChI=1S/C17H14ClN3O5S3.C17H15N3O5S3/c1-10-15(27-17(20-10)11-6-8-12(18)9-7-11)16(22)21-29(25,26)14-5-3-2-4-13(14)28(19,23)24;1-11-15(26-17(19-11)12-7-3-2-4-8-12)16(21)20-28(24,25)14-10-6-5-9-13(14)27(18,22)23/h2-9H,1H3,(H,21,22)(H2,19,23,24);2-10H,1H3,(H,20,21)(H2,18,22,23). The second-order valence-electron chi connectivity index (χ2n) is 11.6. The number of aryl methyl sites for hydroxylation is 2. The van der Waals surface area contributed by atoms with Crippen LogP contribution in [0.15, 0.2) is 123 Å².